The first-order valence-electron chi connectivity index (χ1n) is 7.66. The third kappa shape index (κ3) is 2.90. The maximum absolute atomic E-state index is 6.11. The molecule has 1 aromatic heterocycles. The lowest BCUT2D eigenvalue weighted by Crippen LogP contribution is -2.52. The van der Waals surface area contributed by atoms with E-state index in [2.05, 4.69) is 45.2 Å². The fourth-order valence-corrected chi connectivity index (χ4v) is 3.98. The molecule has 118 valence electrons. The Morgan fingerprint density at radius 1 is 1.52 bits per heavy atom. The molecule has 0 saturated carbocycles. The quantitative estimate of drug-likeness (QED) is 0.632. The summed E-state index contributed by atoms with van der Waals surface area (Å²) < 4.78 is 9.10. The molecule has 0 radical (unpaired) electrons. The highest BCUT2D eigenvalue weighted by atomic mass is 79.9. The number of rotatable bonds is 4. The third-order valence-corrected chi connectivity index (χ3v) is 5.15. The molecular formula is C14H24BrN5O. The van der Waals surface area contributed by atoms with Crippen LogP contribution in [0, 0.1) is 0 Å². The van der Waals surface area contributed by atoms with E-state index in [9.17, 15) is 0 Å². The van der Waals surface area contributed by atoms with Crippen molar-refractivity contribution in [3.05, 3.63) is 16.4 Å². The maximum atomic E-state index is 6.11. The minimum atomic E-state index is -0.0641. The highest BCUT2D eigenvalue weighted by molar-refractivity contribution is 9.10. The van der Waals surface area contributed by atoms with Gasteiger partial charge in [-0.1, -0.05) is 0 Å². The average molecular weight is 358 g/mol. The molecule has 0 spiro atoms. The van der Waals surface area contributed by atoms with Crippen molar-refractivity contribution in [3.8, 4) is 0 Å². The number of hydrogen-bond acceptors (Lipinski definition) is 5. The minimum absolute atomic E-state index is 0.0508. The Morgan fingerprint density at radius 2 is 2.33 bits per heavy atom. The normalized spacial score (nSPS) is 28.0. The zero-order valence-electron chi connectivity index (χ0n) is 12.6. The van der Waals surface area contributed by atoms with Crippen molar-refractivity contribution in [2.24, 2.45) is 5.84 Å². The lowest BCUT2D eigenvalue weighted by molar-refractivity contribution is -0.0667. The zero-order valence-corrected chi connectivity index (χ0v) is 14.2. The second kappa shape index (κ2) is 6.34. The molecule has 3 heterocycles. The molecular weight excluding hydrogens is 334 g/mol. The first kappa shape index (κ1) is 15.4. The van der Waals surface area contributed by atoms with Crippen LogP contribution in [-0.2, 0) is 4.74 Å². The third-order valence-electron chi connectivity index (χ3n) is 4.54. The number of fused-ring (bicyclic) bond motifs is 1. The van der Waals surface area contributed by atoms with Gasteiger partial charge in [-0.3, -0.25) is 15.4 Å². The number of hydrazine groups is 1. The van der Waals surface area contributed by atoms with Crippen LogP contribution in [-0.4, -0.2) is 46.5 Å². The average Bonchev–Trinajstić information content (AvgIpc) is 3.07. The van der Waals surface area contributed by atoms with Crippen LogP contribution in [0.5, 0.6) is 0 Å². The van der Waals surface area contributed by atoms with Gasteiger partial charge in [0.15, 0.2) is 0 Å². The van der Waals surface area contributed by atoms with E-state index in [1.54, 1.807) is 0 Å². The minimum Gasteiger partial charge on any atom is -0.373 e. The summed E-state index contributed by atoms with van der Waals surface area (Å²) in [5.41, 5.74) is 4.01. The SMILES string of the molecule is CC(C)n1ncc(Br)c1C(NN)C1CN2CCCC2CO1. The second-order valence-electron chi connectivity index (χ2n) is 6.22. The van der Waals surface area contributed by atoms with Gasteiger partial charge in [-0.15, -0.1) is 0 Å². The topological polar surface area (TPSA) is 68.3 Å². The van der Waals surface area contributed by atoms with Crippen LogP contribution in [0.3, 0.4) is 0 Å². The molecule has 0 aliphatic carbocycles. The first-order valence-corrected chi connectivity index (χ1v) is 8.45. The Morgan fingerprint density at radius 3 is 3.05 bits per heavy atom. The molecule has 0 amide bonds. The number of nitrogens with zero attached hydrogens (tertiary/aromatic N) is 3. The molecule has 3 N–H and O–H groups in total. The Balaban J connectivity index is 1.83. The molecule has 2 saturated heterocycles. The van der Waals surface area contributed by atoms with Gasteiger partial charge in [0, 0.05) is 18.6 Å². The van der Waals surface area contributed by atoms with E-state index >= 15 is 0 Å². The Hall–Kier alpha value is -0.470. The van der Waals surface area contributed by atoms with Crippen molar-refractivity contribution in [2.75, 3.05) is 19.7 Å². The van der Waals surface area contributed by atoms with Crippen molar-refractivity contribution < 1.29 is 4.74 Å². The molecule has 1 aromatic rings. The monoisotopic (exact) mass is 357 g/mol. The lowest BCUT2D eigenvalue weighted by Gasteiger charge is -2.39. The van der Waals surface area contributed by atoms with Gasteiger partial charge in [-0.2, -0.15) is 5.10 Å². The van der Waals surface area contributed by atoms with E-state index in [1.165, 1.54) is 19.4 Å². The van der Waals surface area contributed by atoms with Crippen LogP contribution in [0.15, 0.2) is 10.7 Å². The van der Waals surface area contributed by atoms with Crippen molar-refractivity contribution in [2.45, 2.75) is 50.9 Å². The van der Waals surface area contributed by atoms with Crippen molar-refractivity contribution >= 4 is 15.9 Å². The number of aromatic nitrogens is 2. The predicted molar refractivity (Wildman–Crippen MR) is 84.7 cm³/mol. The van der Waals surface area contributed by atoms with Gasteiger partial charge in [-0.05, 0) is 49.2 Å². The van der Waals surface area contributed by atoms with Gasteiger partial charge in [-0.25, -0.2) is 5.43 Å². The molecule has 0 aromatic carbocycles. The second-order valence-corrected chi connectivity index (χ2v) is 7.08. The van der Waals surface area contributed by atoms with E-state index in [0.717, 1.165) is 23.3 Å². The largest absolute Gasteiger partial charge is 0.373 e. The number of nitrogens with two attached hydrogens (primary N) is 1. The molecule has 3 rings (SSSR count). The summed E-state index contributed by atoms with van der Waals surface area (Å²) in [5.74, 6) is 5.86. The highest BCUT2D eigenvalue weighted by Gasteiger charge is 2.38. The molecule has 0 bridgehead atoms. The van der Waals surface area contributed by atoms with Crippen LogP contribution >= 0.6 is 15.9 Å². The van der Waals surface area contributed by atoms with Crippen LogP contribution in [0.4, 0.5) is 0 Å². The summed E-state index contributed by atoms with van der Waals surface area (Å²) in [6.07, 6.45) is 4.41. The molecule has 3 atom stereocenters. The molecule has 3 unspecified atom stereocenters. The molecule has 2 fully saturated rings. The number of nitrogens with one attached hydrogen (secondary N) is 1. The van der Waals surface area contributed by atoms with E-state index in [0.29, 0.717) is 6.04 Å². The molecule has 7 heteroatoms. The van der Waals surface area contributed by atoms with Crippen molar-refractivity contribution in [3.63, 3.8) is 0 Å². The summed E-state index contributed by atoms with van der Waals surface area (Å²) in [6, 6.07) is 0.814. The van der Waals surface area contributed by atoms with Gasteiger partial charge < -0.3 is 4.74 Å². The highest BCUT2D eigenvalue weighted by Crippen LogP contribution is 2.32. The predicted octanol–water partition coefficient (Wildman–Crippen LogP) is 1.59. The van der Waals surface area contributed by atoms with E-state index in [4.69, 9.17) is 10.6 Å². The smallest absolute Gasteiger partial charge is 0.0925 e. The van der Waals surface area contributed by atoms with E-state index in [-0.39, 0.29) is 18.2 Å². The Bertz CT molecular complexity index is 492. The van der Waals surface area contributed by atoms with Crippen LogP contribution in [0.25, 0.3) is 0 Å². The summed E-state index contributed by atoms with van der Waals surface area (Å²) in [4.78, 5) is 2.53. The van der Waals surface area contributed by atoms with Gasteiger partial charge in [0.1, 0.15) is 0 Å². The molecule has 21 heavy (non-hydrogen) atoms. The Labute approximate surface area is 134 Å². The van der Waals surface area contributed by atoms with Gasteiger partial charge >= 0.3 is 0 Å². The fraction of sp³-hybridized carbons (Fsp3) is 0.786. The summed E-state index contributed by atoms with van der Waals surface area (Å²) in [5, 5.41) is 4.45. The summed E-state index contributed by atoms with van der Waals surface area (Å²) in [6.45, 7) is 7.14. The van der Waals surface area contributed by atoms with Crippen LogP contribution in [0.2, 0.25) is 0 Å². The van der Waals surface area contributed by atoms with E-state index in [1.807, 2.05) is 10.9 Å². The molecule has 2 aliphatic rings. The Kier molecular flexibility index (Phi) is 4.66. The van der Waals surface area contributed by atoms with Crippen LogP contribution < -0.4 is 11.3 Å². The fourth-order valence-electron chi connectivity index (χ4n) is 3.46. The maximum Gasteiger partial charge on any atom is 0.0925 e. The van der Waals surface area contributed by atoms with Gasteiger partial charge in [0.2, 0.25) is 0 Å². The molecule has 6 nitrogen and oxygen atoms in total. The number of ether oxygens (including phenoxy) is 1. The van der Waals surface area contributed by atoms with E-state index < -0.39 is 0 Å². The zero-order chi connectivity index (χ0) is 15.0. The van der Waals surface area contributed by atoms with Crippen LogP contribution in [0.1, 0.15) is 44.5 Å². The number of morpholine rings is 1. The summed E-state index contributed by atoms with van der Waals surface area (Å²) in [7, 11) is 0. The molecule has 2 aliphatic heterocycles. The lowest BCUT2D eigenvalue weighted by atomic mass is 10.0. The van der Waals surface area contributed by atoms with Crippen molar-refractivity contribution in [1.29, 1.82) is 0 Å². The van der Waals surface area contributed by atoms with Gasteiger partial charge in [0.25, 0.3) is 0 Å². The van der Waals surface area contributed by atoms with Crippen molar-refractivity contribution in [1.82, 2.24) is 20.1 Å². The summed E-state index contributed by atoms with van der Waals surface area (Å²) >= 11 is 3.60. The first-order chi connectivity index (χ1) is 10.1. The standard InChI is InChI=1S/C14H24BrN5O/c1-9(2)20-14(11(15)6-17-20)13(18-16)12-7-19-5-3-4-10(19)8-21-12/h6,9-10,12-13,18H,3-5,7-8,16H2,1-2H3. The number of halogens is 1. The number of hydrogen-bond donors (Lipinski definition) is 2. The van der Waals surface area contributed by atoms with Gasteiger partial charge in [0.05, 0.1) is 35.1 Å².